The number of benzene rings is 2. The van der Waals surface area contributed by atoms with Crippen LogP contribution in [0.15, 0.2) is 41.3 Å². The minimum atomic E-state index is -0.244. The third-order valence-electron chi connectivity index (χ3n) is 6.99. The molecule has 0 aliphatic carbocycles. The van der Waals surface area contributed by atoms with Gasteiger partial charge in [0.05, 0.1) is 11.4 Å². The van der Waals surface area contributed by atoms with Gasteiger partial charge in [-0.25, -0.2) is 0 Å². The second-order valence-corrected chi connectivity index (χ2v) is 11.3. The van der Waals surface area contributed by atoms with Crippen molar-refractivity contribution in [2.45, 2.75) is 65.8 Å². The molecule has 1 saturated heterocycles. The van der Waals surface area contributed by atoms with Crippen molar-refractivity contribution in [3.05, 3.63) is 63.6 Å². The van der Waals surface area contributed by atoms with E-state index in [0.29, 0.717) is 10.8 Å². The molecule has 2 aromatic rings. The molecule has 6 heteroatoms. The van der Waals surface area contributed by atoms with Gasteiger partial charge < -0.3 is 9.64 Å². The Hall–Kier alpha value is -2.73. The van der Waals surface area contributed by atoms with Crippen molar-refractivity contribution in [3.63, 3.8) is 0 Å². The van der Waals surface area contributed by atoms with E-state index in [-0.39, 0.29) is 29.8 Å². The standard InChI is InChI=1S/C29H36N2O3S/c1-7-12-31-25-15-20(3)22(16-24(25)21(4)18-29(31,5)6)17-26-27(32)30(28(33)35-26)13-14-34-23-10-8-19(2)9-11-23/h8-11,15-17,21H,7,12-14,18H2,1-6H3/b26-17+. The number of imide groups is 1. The maximum Gasteiger partial charge on any atom is 0.293 e. The molecule has 0 saturated carbocycles. The number of carbonyl (C=O) groups is 2. The van der Waals surface area contributed by atoms with Crippen LogP contribution >= 0.6 is 11.8 Å². The molecule has 0 bridgehead atoms. The van der Waals surface area contributed by atoms with E-state index < -0.39 is 0 Å². The first-order chi connectivity index (χ1) is 16.6. The van der Waals surface area contributed by atoms with Crippen LogP contribution in [0, 0.1) is 13.8 Å². The number of carbonyl (C=O) groups excluding carboxylic acids is 2. The van der Waals surface area contributed by atoms with Crippen molar-refractivity contribution >= 4 is 34.7 Å². The highest BCUT2D eigenvalue weighted by Crippen LogP contribution is 2.45. The molecule has 1 fully saturated rings. The van der Waals surface area contributed by atoms with Crippen LogP contribution < -0.4 is 9.64 Å². The molecular formula is C29H36N2O3S. The average molecular weight is 493 g/mol. The van der Waals surface area contributed by atoms with Crippen LogP contribution in [-0.4, -0.2) is 41.3 Å². The molecule has 0 radical (unpaired) electrons. The Labute approximate surface area is 213 Å². The summed E-state index contributed by atoms with van der Waals surface area (Å²) in [5.74, 6) is 0.915. The van der Waals surface area contributed by atoms with Gasteiger partial charge in [0.1, 0.15) is 12.4 Å². The number of thioether (sulfide) groups is 1. The lowest BCUT2D eigenvalue weighted by atomic mass is 9.79. The Morgan fingerprint density at radius 3 is 2.51 bits per heavy atom. The third-order valence-corrected chi connectivity index (χ3v) is 7.89. The fourth-order valence-electron chi connectivity index (χ4n) is 5.18. The number of ether oxygens (including phenoxy) is 1. The molecule has 2 aliphatic rings. The van der Waals surface area contributed by atoms with Crippen molar-refractivity contribution < 1.29 is 14.3 Å². The predicted molar refractivity (Wildman–Crippen MR) is 145 cm³/mol. The molecule has 1 unspecified atom stereocenters. The minimum Gasteiger partial charge on any atom is -0.492 e. The van der Waals surface area contributed by atoms with Crippen molar-refractivity contribution in [2.24, 2.45) is 0 Å². The highest BCUT2D eigenvalue weighted by atomic mass is 32.2. The summed E-state index contributed by atoms with van der Waals surface area (Å²) >= 11 is 1.01. The molecule has 0 aromatic heterocycles. The van der Waals surface area contributed by atoms with Crippen LogP contribution in [-0.2, 0) is 4.79 Å². The Morgan fingerprint density at radius 1 is 1.11 bits per heavy atom. The van der Waals surface area contributed by atoms with Crippen LogP contribution in [0.2, 0.25) is 0 Å². The van der Waals surface area contributed by atoms with Gasteiger partial charge in [0.2, 0.25) is 0 Å². The normalized spacial score (nSPS) is 20.5. The van der Waals surface area contributed by atoms with Gasteiger partial charge in [-0.1, -0.05) is 31.5 Å². The van der Waals surface area contributed by atoms with Crippen LogP contribution in [0.5, 0.6) is 5.75 Å². The number of hydrogen-bond acceptors (Lipinski definition) is 5. The van der Waals surface area contributed by atoms with Crippen LogP contribution in [0.3, 0.4) is 0 Å². The molecule has 4 rings (SSSR count). The molecular weight excluding hydrogens is 456 g/mol. The lowest BCUT2D eigenvalue weighted by molar-refractivity contribution is -0.123. The first kappa shape index (κ1) is 25.4. The summed E-state index contributed by atoms with van der Waals surface area (Å²) in [5.41, 5.74) is 6.01. The van der Waals surface area contributed by atoms with Gasteiger partial charge in [-0.2, -0.15) is 0 Å². The number of anilines is 1. The summed E-state index contributed by atoms with van der Waals surface area (Å²) in [5, 5.41) is -0.242. The lowest BCUT2D eigenvalue weighted by Crippen LogP contribution is -2.48. The van der Waals surface area contributed by atoms with Crippen molar-refractivity contribution in [1.82, 2.24) is 4.90 Å². The third kappa shape index (κ3) is 5.27. The molecule has 35 heavy (non-hydrogen) atoms. The van der Waals surface area contributed by atoms with Crippen LogP contribution in [0.4, 0.5) is 10.5 Å². The number of fused-ring (bicyclic) bond motifs is 1. The van der Waals surface area contributed by atoms with E-state index in [0.717, 1.165) is 53.6 Å². The highest BCUT2D eigenvalue weighted by Gasteiger charge is 2.37. The first-order valence-corrected chi connectivity index (χ1v) is 13.3. The smallest absolute Gasteiger partial charge is 0.293 e. The molecule has 186 valence electrons. The topological polar surface area (TPSA) is 49.9 Å². The van der Waals surface area contributed by atoms with Gasteiger partial charge in [0, 0.05) is 17.8 Å². The van der Waals surface area contributed by atoms with Crippen molar-refractivity contribution in [1.29, 1.82) is 0 Å². The average Bonchev–Trinajstić information content (AvgIpc) is 3.06. The highest BCUT2D eigenvalue weighted by molar-refractivity contribution is 8.18. The maximum atomic E-state index is 13.0. The van der Waals surface area contributed by atoms with E-state index in [1.54, 1.807) is 0 Å². The second-order valence-electron chi connectivity index (χ2n) is 10.3. The summed E-state index contributed by atoms with van der Waals surface area (Å²) < 4.78 is 5.73. The summed E-state index contributed by atoms with van der Waals surface area (Å²) in [7, 11) is 0. The zero-order chi connectivity index (χ0) is 25.3. The van der Waals surface area contributed by atoms with Crippen LogP contribution in [0.25, 0.3) is 6.08 Å². The monoisotopic (exact) mass is 492 g/mol. The number of amides is 2. The van der Waals surface area contributed by atoms with E-state index >= 15 is 0 Å². The summed E-state index contributed by atoms with van der Waals surface area (Å²) in [6.45, 7) is 14.8. The van der Waals surface area contributed by atoms with E-state index in [9.17, 15) is 9.59 Å². The summed E-state index contributed by atoms with van der Waals surface area (Å²) in [4.78, 5) is 29.9. The van der Waals surface area contributed by atoms with Gasteiger partial charge in [-0.15, -0.1) is 0 Å². The summed E-state index contributed by atoms with van der Waals surface area (Å²) in [6, 6.07) is 12.2. The molecule has 0 N–H and O–H groups in total. The Kier molecular flexibility index (Phi) is 7.32. The number of aryl methyl sites for hydroxylation is 2. The molecule has 2 aliphatic heterocycles. The Balaban J connectivity index is 1.52. The molecule has 2 aromatic carbocycles. The van der Waals surface area contributed by atoms with Gasteiger partial charge in [-0.3, -0.25) is 14.5 Å². The Bertz CT molecular complexity index is 1150. The Morgan fingerprint density at radius 2 is 1.83 bits per heavy atom. The van der Waals surface area contributed by atoms with E-state index in [2.05, 4.69) is 51.7 Å². The quantitative estimate of drug-likeness (QED) is 0.393. The number of rotatable bonds is 7. The van der Waals surface area contributed by atoms with Gasteiger partial charge in [0.15, 0.2) is 0 Å². The lowest BCUT2D eigenvalue weighted by Gasteiger charge is -2.48. The van der Waals surface area contributed by atoms with Gasteiger partial charge in [-0.05, 0) is 105 Å². The fraction of sp³-hybridized carbons (Fsp3) is 0.448. The largest absolute Gasteiger partial charge is 0.492 e. The van der Waals surface area contributed by atoms with Gasteiger partial charge in [0.25, 0.3) is 11.1 Å². The predicted octanol–water partition coefficient (Wildman–Crippen LogP) is 6.92. The second kappa shape index (κ2) is 10.1. The molecule has 1 atom stereocenters. The van der Waals surface area contributed by atoms with E-state index in [4.69, 9.17) is 4.74 Å². The maximum absolute atomic E-state index is 13.0. The number of nitrogens with zero attached hydrogens (tertiary/aromatic N) is 2. The van der Waals surface area contributed by atoms with Crippen molar-refractivity contribution in [2.75, 3.05) is 24.6 Å². The number of hydrogen-bond donors (Lipinski definition) is 0. The minimum absolute atomic E-state index is 0.111. The van der Waals surface area contributed by atoms with Crippen LogP contribution in [0.1, 0.15) is 68.7 Å². The van der Waals surface area contributed by atoms with Crippen molar-refractivity contribution in [3.8, 4) is 5.75 Å². The zero-order valence-corrected chi connectivity index (χ0v) is 22.5. The first-order valence-electron chi connectivity index (χ1n) is 12.5. The van der Waals surface area contributed by atoms with Gasteiger partial charge >= 0.3 is 0 Å². The van der Waals surface area contributed by atoms with E-state index in [1.165, 1.54) is 16.2 Å². The molecule has 0 spiro atoms. The molecule has 5 nitrogen and oxygen atoms in total. The fourth-order valence-corrected chi connectivity index (χ4v) is 6.03. The SMILES string of the molecule is CCCN1c2cc(C)c(/C=C3/SC(=O)N(CCOc4ccc(C)cc4)C3=O)cc2C(C)CC1(C)C. The molecule has 2 heterocycles. The molecule has 2 amide bonds. The summed E-state index contributed by atoms with van der Waals surface area (Å²) in [6.07, 6.45) is 4.07. The zero-order valence-electron chi connectivity index (χ0n) is 21.7. The van der Waals surface area contributed by atoms with E-state index in [1.807, 2.05) is 37.3 Å².